The van der Waals surface area contributed by atoms with E-state index < -0.39 is 11.7 Å². The lowest BCUT2D eigenvalue weighted by Crippen LogP contribution is -2.04. The zero-order valence-electron chi connectivity index (χ0n) is 11.3. The predicted molar refractivity (Wildman–Crippen MR) is 78.7 cm³/mol. The van der Waals surface area contributed by atoms with E-state index in [2.05, 4.69) is 11.1 Å². The van der Waals surface area contributed by atoms with Crippen LogP contribution >= 0.6 is 12.2 Å². The number of rotatable bonds is 3. The zero-order valence-corrected chi connectivity index (χ0v) is 12.2. The van der Waals surface area contributed by atoms with E-state index in [1.54, 1.807) is 0 Å². The van der Waals surface area contributed by atoms with E-state index in [1.165, 1.54) is 18.1 Å². The molecule has 0 unspecified atom stereocenters. The second kappa shape index (κ2) is 5.33. The summed E-state index contributed by atoms with van der Waals surface area (Å²) < 4.78 is 40.5. The zero-order chi connectivity index (χ0) is 15.0. The van der Waals surface area contributed by atoms with E-state index in [4.69, 9.17) is 12.2 Å². The minimum Gasteiger partial charge on any atom is -0.331 e. The summed E-state index contributed by atoms with van der Waals surface area (Å²) in [5.41, 5.74) is 1.93. The molecule has 3 rings (SSSR count). The first-order chi connectivity index (χ1) is 9.95. The fourth-order valence-corrected chi connectivity index (χ4v) is 3.08. The highest BCUT2D eigenvalue weighted by Crippen LogP contribution is 2.31. The number of fused-ring (bicyclic) bond motifs is 1. The predicted octanol–water partition coefficient (Wildman–Crippen LogP) is 5.22. The van der Waals surface area contributed by atoms with Gasteiger partial charge in [0.15, 0.2) is 4.77 Å². The number of halogens is 3. The highest BCUT2D eigenvalue weighted by Gasteiger charge is 2.30. The van der Waals surface area contributed by atoms with E-state index in [0.29, 0.717) is 16.8 Å². The van der Waals surface area contributed by atoms with Gasteiger partial charge in [0, 0.05) is 6.54 Å². The Labute approximate surface area is 125 Å². The minimum absolute atomic E-state index is 0.440. The Morgan fingerprint density at radius 3 is 2.76 bits per heavy atom. The summed E-state index contributed by atoms with van der Waals surface area (Å²) in [6.45, 7) is 0.704. The third kappa shape index (κ3) is 2.90. The summed E-state index contributed by atoms with van der Waals surface area (Å²) in [7, 11) is 0. The molecule has 1 aromatic heterocycles. The first-order valence-electron chi connectivity index (χ1n) is 6.93. The van der Waals surface area contributed by atoms with Crippen LogP contribution in [0.5, 0.6) is 0 Å². The lowest BCUT2D eigenvalue weighted by Gasteiger charge is -2.08. The van der Waals surface area contributed by atoms with Crippen LogP contribution in [-0.2, 0) is 12.7 Å². The maximum atomic E-state index is 12.7. The van der Waals surface area contributed by atoms with Gasteiger partial charge in [0.2, 0.25) is 0 Å². The molecule has 0 bridgehead atoms. The number of nitrogens with one attached hydrogen (secondary N) is 1. The van der Waals surface area contributed by atoms with Crippen molar-refractivity contribution in [3.8, 4) is 0 Å². The lowest BCUT2D eigenvalue weighted by atomic mass is 10.1. The molecule has 2 nitrogen and oxygen atoms in total. The lowest BCUT2D eigenvalue weighted by molar-refractivity contribution is -0.137. The van der Waals surface area contributed by atoms with Crippen molar-refractivity contribution < 1.29 is 13.2 Å². The first kappa shape index (κ1) is 14.4. The number of allylic oxidation sites excluding steroid dienone is 2. The van der Waals surface area contributed by atoms with Crippen LogP contribution in [0.15, 0.2) is 29.8 Å². The molecule has 1 aliphatic rings. The monoisotopic (exact) mass is 312 g/mol. The number of alkyl halides is 3. The molecule has 2 aromatic rings. The number of hydrogen-bond acceptors (Lipinski definition) is 1. The van der Waals surface area contributed by atoms with Crippen molar-refractivity contribution in [2.45, 2.75) is 38.4 Å². The molecule has 0 atom stereocenters. The summed E-state index contributed by atoms with van der Waals surface area (Å²) in [5.74, 6) is 0. The Bertz CT molecular complexity index is 752. The van der Waals surface area contributed by atoms with E-state index in [0.717, 1.165) is 36.9 Å². The molecule has 0 amide bonds. The van der Waals surface area contributed by atoms with Crippen molar-refractivity contribution in [3.05, 3.63) is 40.2 Å². The van der Waals surface area contributed by atoms with Crippen molar-refractivity contribution in [1.29, 1.82) is 0 Å². The minimum atomic E-state index is -4.33. The van der Waals surface area contributed by atoms with Crippen LogP contribution in [0.1, 0.15) is 31.2 Å². The number of H-pyrrole nitrogens is 1. The van der Waals surface area contributed by atoms with Gasteiger partial charge in [-0.05, 0) is 56.1 Å². The van der Waals surface area contributed by atoms with Gasteiger partial charge in [-0.15, -0.1) is 0 Å². The van der Waals surface area contributed by atoms with Crippen LogP contribution in [-0.4, -0.2) is 9.55 Å². The Kier molecular flexibility index (Phi) is 3.65. The Morgan fingerprint density at radius 1 is 1.29 bits per heavy atom. The number of hydrogen-bond donors (Lipinski definition) is 1. The Balaban J connectivity index is 1.92. The second-order valence-electron chi connectivity index (χ2n) is 5.32. The molecule has 1 aliphatic carbocycles. The van der Waals surface area contributed by atoms with Gasteiger partial charge in [0.25, 0.3) is 0 Å². The fraction of sp³-hybridized carbons (Fsp3) is 0.400. The quantitative estimate of drug-likeness (QED) is 0.609. The van der Waals surface area contributed by atoms with Gasteiger partial charge >= 0.3 is 6.18 Å². The molecule has 0 fully saturated rings. The van der Waals surface area contributed by atoms with E-state index in [-0.39, 0.29) is 0 Å². The Hall–Kier alpha value is -1.56. The number of nitrogens with zero attached hydrogens (tertiary/aromatic N) is 1. The number of aromatic nitrogens is 2. The van der Waals surface area contributed by atoms with Gasteiger partial charge < -0.3 is 9.55 Å². The van der Waals surface area contributed by atoms with Gasteiger partial charge in [0.1, 0.15) is 0 Å². The number of aryl methyl sites for hydroxylation is 1. The number of benzene rings is 1. The maximum Gasteiger partial charge on any atom is 0.416 e. The highest BCUT2D eigenvalue weighted by atomic mass is 32.1. The summed E-state index contributed by atoms with van der Waals surface area (Å²) in [6.07, 6.45) is 2.27. The molecule has 1 N–H and O–H groups in total. The molecule has 112 valence electrons. The van der Waals surface area contributed by atoms with Gasteiger partial charge in [-0.2, -0.15) is 13.2 Å². The molecular formula is C15H15F3N2S. The normalized spacial score (nSPS) is 15.7. The molecule has 0 saturated carbocycles. The third-order valence-corrected chi connectivity index (χ3v) is 4.22. The van der Waals surface area contributed by atoms with Crippen molar-refractivity contribution in [2.24, 2.45) is 0 Å². The van der Waals surface area contributed by atoms with Gasteiger partial charge in [-0.25, -0.2) is 0 Å². The van der Waals surface area contributed by atoms with Crippen molar-refractivity contribution >= 4 is 23.3 Å². The second-order valence-corrected chi connectivity index (χ2v) is 5.70. The van der Waals surface area contributed by atoms with E-state index in [1.807, 2.05) is 4.57 Å². The SMILES string of the molecule is FC(F)(F)c1ccc2c(c1)[nH]c(=S)n2CCC1=CCCC1. The number of aromatic amines is 1. The fourth-order valence-electron chi connectivity index (χ4n) is 2.78. The van der Waals surface area contributed by atoms with Gasteiger partial charge in [0.05, 0.1) is 16.6 Å². The summed E-state index contributed by atoms with van der Waals surface area (Å²) in [6, 6.07) is 3.72. The van der Waals surface area contributed by atoms with Gasteiger partial charge in [-0.1, -0.05) is 11.6 Å². The molecule has 0 spiro atoms. The summed E-state index contributed by atoms with van der Waals surface area (Å²) in [4.78, 5) is 2.87. The molecular weight excluding hydrogens is 297 g/mol. The molecule has 1 aromatic carbocycles. The smallest absolute Gasteiger partial charge is 0.331 e. The van der Waals surface area contributed by atoms with Crippen LogP contribution in [0.25, 0.3) is 11.0 Å². The van der Waals surface area contributed by atoms with Crippen LogP contribution in [0.2, 0.25) is 0 Å². The standard InChI is InChI=1S/C15H15F3N2S/c16-15(17,18)11-5-6-13-12(9-11)19-14(21)20(13)8-7-10-3-1-2-4-10/h3,5-6,9H,1-2,4,7-8H2,(H,19,21). The molecule has 0 radical (unpaired) electrons. The Morgan fingerprint density at radius 2 is 2.10 bits per heavy atom. The third-order valence-electron chi connectivity index (χ3n) is 3.89. The van der Waals surface area contributed by atoms with Crippen LogP contribution in [0.3, 0.4) is 0 Å². The van der Waals surface area contributed by atoms with Crippen LogP contribution < -0.4 is 0 Å². The molecule has 6 heteroatoms. The van der Waals surface area contributed by atoms with Crippen LogP contribution in [0.4, 0.5) is 13.2 Å². The van der Waals surface area contributed by atoms with Crippen molar-refractivity contribution in [2.75, 3.05) is 0 Å². The average molecular weight is 312 g/mol. The summed E-state index contributed by atoms with van der Waals surface area (Å²) >= 11 is 5.24. The highest BCUT2D eigenvalue weighted by molar-refractivity contribution is 7.71. The van der Waals surface area contributed by atoms with Crippen LogP contribution in [0, 0.1) is 4.77 Å². The largest absolute Gasteiger partial charge is 0.416 e. The number of imidazole rings is 1. The topological polar surface area (TPSA) is 20.7 Å². The molecule has 1 heterocycles. The van der Waals surface area contributed by atoms with E-state index >= 15 is 0 Å². The maximum absolute atomic E-state index is 12.7. The van der Waals surface area contributed by atoms with E-state index in [9.17, 15) is 13.2 Å². The molecule has 21 heavy (non-hydrogen) atoms. The summed E-state index contributed by atoms with van der Waals surface area (Å²) in [5, 5.41) is 0. The first-order valence-corrected chi connectivity index (χ1v) is 7.33. The molecule has 0 saturated heterocycles. The van der Waals surface area contributed by atoms with Crippen molar-refractivity contribution in [1.82, 2.24) is 9.55 Å². The average Bonchev–Trinajstić information content (AvgIpc) is 3.01. The molecule has 0 aliphatic heterocycles. The van der Waals surface area contributed by atoms with Crippen molar-refractivity contribution in [3.63, 3.8) is 0 Å². The van der Waals surface area contributed by atoms with Gasteiger partial charge in [-0.3, -0.25) is 0 Å².